The molecule has 82 heavy (non-hydrogen) atoms. The van der Waals surface area contributed by atoms with Crippen LogP contribution in [0.25, 0.3) is 0 Å². The van der Waals surface area contributed by atoms with Gasteiger partial charge in [-0.15, -0.1) is 0 Å². The van der Waals surface area contributed by atoms with Crippen molar-refractivity contribution < 1.29 is 146 Å². The Morgan fingerprint density at radius 1 is 0.512 bits per heavy atom. The molecule has 1 aromatic rings. The Kier molecular flexibility index (Phi) is 32.2. The Bertz CT molecular complexity index is 2350. The van der Waals surface area contributed by atoms with Crippen LogP contribution in [0.5, 0.6) is 5.75 Å². The summed E-state index contributed by atoms with van der Waals surface area (Å²) in [6, 6.07) is 2.63. The molecule has 0 bridgehead atoms. The maximum atomic E-state index is 14.1. The van der Waals surface area contributed by atoms with E-state index in [2.05, 4.69) is 64.2 Å². The number of esters is 8. The fraction of sp³-hybridized carbons (Fsp3) is 0.560. The summed E-state index contributed by atoms with van der Waals surface area (Å²) < 4.78 is 236. The normalized spacial score (nSPS) is 14.0. The first kappa shape index (κ1) is 76.9. The van der Waals surface area contributed by atoms with E-state index in [1.807, 2.05) is 0 Å². The summed E-state index contributed by atoms with van der Waals surface area (Å²) in [6.07, 6.45) is -24.2. The summed E-state index contributed by atoms with van der Waals surface area (Å²) in [4.78, 5) is 89.1. The van der Waals surface area contributed by atoms with Crippen LogP contribution in [-0.2, 0) is 77.7 Å². The molecule has 0 spiro atoms. The summed E-state index contributed by atoms with van der Waals surface area (Å²) in [5, 5.41) is 0. The molecule has 0 saturated heterocycles. The number of rotatable bonds is 22. The molecule has 1 aliphatic carbocycles. The third-order valence-electron chi connectivity index (χ3n) is 9.70. The quantitative estimate of drug-likeness (QED) is 0.0347. The molecule has 1 aromatic carbocycles. The van der Waals surface area contributed by atoms with Crippen LogP contribution in [-0.4, -0.2) is 123 Å². The molecule has 0 amide bonds. The van der Waals surface area contributed by atoms with Crippen LogP contribution < -0.4 is 4.74 Å². The molecule has 1 fully saturated rings. The molecule has 466 valence electrons. The fourth-order valence-electron chi connectivity index (χ4n) is 5.53. The third kappa shape index (κ3) is 31.1. The van der Waals surface area contributed by atoms with E-state index in [0.29, 0.717) is 37.8 Å². The van der Waals surface area contributed by atoms with Crippen molar-refractivity contribution in [3.63, 3.8) is 0 Å². The van der Waals surface area contributed by atoms with Gasteiger partial charge in [-0.2, -0.15) is 70.2 Å². The number of benzene rings is 1. The fourth-order valence-corrected chi connectivity index (χ4v) is 5.53. The van der Waals surface area contributed by atoms with Gasteiger partial charge in [-0.05, 0) is 77.6 Å². The van der Waals surface area contributed by atoms with Gasteiger partial charge >= 0.3 is 84.3 Å². The van der Waals surface area contributed by atoms with E-state index in [9.17, 15) is 109 Å². The lowest BCUT2D eigenvalue weighted by molar-refractivity contribution is -0.238. The second-order valence-corrected chi connectivity index (χ2v) is 17.2. The Labute approximate surface area is 458 Å². The van der Waals surface area contributed by atoms with E-state index >= 15 is 0 Å². The van der Waals surface area contributed by atoms with Crippen molar-refractivity contribution >= 4 is 47.8 Å². The Hall–Kier alpha value is -7.18. The number of ether oxygens (including phenoxy) is 8. The molecule has 32 heteroatoms. The topological polar surface area (TPSA) is 210 Å². The highest BCUT2D eigenvalue weighted by Gasteiger charge is 2.52. The highest BCUT2D eigenvalue weighted by atomic mass is 19.4. The van der Waals surface area contributed by atoms with Gasteiger partial charge in [0.15, 0.2) is 38.1 Å². The Morgan fingerprint density at radius 3 is 1.27 bits per heavy atom. The molecular weight excluding hydrogens is 1160 g/mol. The van der Waals surface area contributed by atoms with Gasteiger partial charge in [-0.3, -0.25) is 0 Å². The first-order valence-corrected chi connectivity index (χ1v) is 23.5. The molecule has 1 saturated carbocycles. The SMILES string of the molecule is C=C(C)C(=O)OC(CC)C(F)(F)C(=O)OCCC(F)(F)F.C=C(C)C(=O)OC(CC)C(F)(F)C(=O)Oc1ccc(C(F)(F)F)cc1.C=C(C)C(=O)OCC(=O)OC(C1CCCCC1)C(F)(F)F.C=C(C)C(=O)OCC(=O)OCC(F)(F)F. The molecule has 0 N–H and O–H groups in total. The van der Waals surface area contributed by atoms with Gasteiger partial charge < -0.3 is 37.9 Å². The van der Waals surface area contributed by atoms with Crippen molar-refractivity contribution in [1.29, 1.82) is 0 Å². The van der Waals surface area contributed by atoms with E-state index in [1.165, 1.54) is 41.5 Å². The van der Waals surface area contributed by atoms with Crippen molar-refractivity contribution in [3.8, 4) is 5.75 Å². The summed E-state index contributed by atoms with van der Waals surface area (Å²) in [6.45, 7) is 15.9. The second-order valence-electron chi connectivity index (χ2n) is 17.2. The molecule has 3 unspecified atom stereocenters. The molecule has 0 aliphatic heterocycles. The molecule has 0 aromatic heterocycles. The molecule has 16 nitrogen and oxygen atoms in total. The lowest BCUT2D eigenvalue weighted by Gasteiger charge is -2.31. The van der Waals surface area contributed by atoms with Crippen molar-refractivity contribution in [2.45, 2.75) is 148 Å². The smallest absolute Gasteiger partial charge is 0.425 e. The van der Waals surface area contributed by atoms with Gasteiger partial charge in [0.2, 0.25) is 0 Å². The summed E-state index contributed by atoms with van der Waals surface area (Å²) in [5.41, 5.74) is -1.22. The van der Waals surface area contributed by atoms with E-state index in [1.54, 1.807) is 0 Å². The van der Waals surface area contributed by atoms with Gasteiger partial charge in [-0.25, -0.2) is 38.4 Å². The van der Waals surface area contributed by atoms with Crippen molar-refractivity contribution in [2.24, 2.45) is 5.92 Å². The number of hydrogen-bond donors (Lipinski definition) is 0. The zero-order valence-corrected chi connectivity index (χ0v) is 44.5. The third-order valence-corrected chi connectivity index (χ3v) is 9.70. The van der Waals surface area contributed by atoms with Crippen LogP contribution in [0.1, 0.15) is 98.5 Å². The molecule has 1 aliphatic rings. The van der Waals surface area contributed by atoms with Crippen molar-refractivity contribution in [3.05, 3.63) is 78.4 Å². The second kappa shape index (κ2) is 34.3. The molecule has 2 rings (SSSR count). The van der Waals surface area contributed by atoms with Crippen LogP contribution in [0.15, 0.2) is 72.9 Å². The summed E-state index contributed by atoms with van der Waals surface area (Å²) in [7, 11) is 0. The zero-order valence-electron chi connectivity index (χ0n) is 44.5. The highest BCUT2D eigenvalue weighted by Crippen LogP contribution is 2.37. The van der Waals surface area contributed by atoms with Gasteiger partial charge in [0.05, 0.1) is 12.0 Å². The Morgan fingerprint density at radius 2 is 0.915 bits per heavy atom. The Balaban J connectivity index is 0. The lowest BCUT2D eigenvalue weighted by atomic mass is 9.85. The first-order valence-electron chi connectivity index (χ1n) is 23.5. The van der Waals surface area contributed by atoms with Crippen LogP contribution in [0.4, 0.5) is 70.2 Å². The van der Waals surface area contributed by atoms with Crippen LogP contribution in [0, 0.1) is 5.92 Å². The van der Waals surface area contributed by atoms with Crippen LogP contribution >= 0.6 is 0 Å². The average Bonchev–Trinajstić information content (AvgIpc) is 3.39. The monoisotopic (exact) mass is 1220 g/mol. The number of alkyl halides is 16. The van der Waals surface area contributed by atoms with Gasteiger partial charge in [0, 0.05) is 28.2 Å². The van der Waals surface area contributed by atoms with E-state index in [-0.39, 0.29) is 22.3 Å². The standard InChI is InChI=1S/C16H15F5O4.C14H19F3O4.C12H15F5O4.C8H9F3O4/c1-4-12(25-13(22)9(2)3)15(17,18)14(23)24-11-7-5-10(6-8-11)16(19,20)21;1-9(2)13(19)20-8-11(18)21-12(14(15,16)17)10-6-4-3-5-7-10;1-4-8(21-9(18)7(2)3)12(16,17)10(19)20-6-5-11(13,14)15;1-5(2)7(13)14-3-6(12)15-4-8(9,10)11/h5-8,12H,2,4H2,1,3H3;10,12H,1,3-8H2,2H3;8H,2,4-6H2,1,3H3;1,3-4H2,2H3. The minimum Gasteiger partial charge on any atom is -0.461 e. The zero-order chi connectivity index (χ0) is 64.4. The predicted octanol–water partition coefficient (Wildman–Crippen LogP) is 11.5. The maximum absolute atomic E-state index is 14.1. The molecule has 3 atom stereocenters. The van der Waals surface area contributed by atoms with E-state index in [0.717, 1.165) is 18.6 Å². The maximum Gasteiger partial charge on any atom is 0.425 e. The number of halogens is 16. The number of carbonyl (C=O) groups excluding carboxylic acids is 8. The molecular formula is C50H58F16O16. The van der Waals surface area contributed by atoms with Gasteiger partial charge in [0.1, 0.15) is 12.4 Å². The molecule has 0 heterocycles. The van der Waals surface area contributed by atoms with Gasteiger partial charge in [0.25, 0.3) is 0 Å². The number of hydrogen-bond acceptors (Lipinski definition) is 16. The number of carbonyl (C=O) groups is 8. The predicted molar refractivity (Wildman–Crippen MR) is 250 cm³/mol. The molecule has 0 radical (unpaired) electrons. The van der Waals surface area contributed by atoms with E-state index in [4.69, 9.17) is 0 Å². The lowest BCUT2D eigenvalue weighted by Crippen LogP contribution is -2.46. The van der Waals surface area contributed by atoms with Gasteiger partial charge in [-0.1, -0.05) is 59.4 Å². The van der Waals surface area contributed by atoms with Crippen molar-refractivity contribution in [1.82, 2.24) is 0 Å². The highest BCUT2D eigenvalue weighted by molar-refractivity contribution is 5.90. The van der Waals surface area contributed by atoms with Crippen LogP contribution in [0.2, 0.25) is 0 Å². The van der Waals surface area contributed by atoms with E-state index < -0.39 is 166 Å². The van der Waals surface area contributed by atoms with Crippen molar-refractivity contribution in [2.75, 3.05) is 26.4 Å². The summed E-state index contributed by atoms with van der Waals surface area (Å²) in [5.74, 6) is -20.3. The van der Waals surface area contributed by atoms with Crippen LogP contribution in [0.3, 0.4) is 0 Å². The average molecular weight is 1220 g/mol. The minimum absolute atomic E-state index is 0.0404. The minimum atomic E-state index is -4.63. The summed E-state index contributed by atoms with van der Waals surface area (Å²) >= 11 is 0. The largest absolute Gasteiger partial charge is 0.461 e. The first-order chi connectivity index (χ1) is 37.2.